The first-order valence-corrected chi connectivity index (χ1v) is 9.07. The van der Waals surface area contributed by atoms with Gasteiger partial charge in [0.05, 0.1) is 12.6 Å². The predicted octanol–water partition coefficient (Wildman–Crippen LogP) is 3.30. The van der Waals surface area contributed by atoms with Crippen molar-refractivity contribution in [3.05, 3.63) is 71.0 Å². The molecule has 2 aromatic carbocycles. The molecular formula is C21H26FN3O2. The number of urea groups is 1. The number of hydrogen-bond donors (Lipinski definition) is 3. The van der Waals surface area contributed by atoms with E-state index in [2.05, 4.69) is 22.9 Å². The van der Waals surface area contributed by atoms with Crippen molar-refractivity contribution in [1.82, 2.24) is 16.0 Å². The van der Waals surface area contributed by atoms with Gasteiger partial charge in [-0.2, -0.15) is 0 Å². The zero-order chi connectivity index (χ0) is 19.8. The van der Waals surface area contributed by atoms with E-state index in [9.17, 15) is 14.0 Å². The fourth-order valence-electron chi connectivity index (χ4n) is 2.72. The van der Waals surface area contributed by atoms with Gasteiger partial charge in [-0.25, -0.2) is 9.18 Å². The molecule has 0 radical (unpaired) electrons. The lowest BCUT2D eigenvalue weighted by Gasteiger charge is -2.20. The SMILES string of the molecule is CCc1ccc([C@@H](NCC(=O)NC(=O)NC(C)C)c2cccc(F)c2)cc1. The molecule has 0 heterocycles. The van der Waals surface area contributed by atoms with Crippen molar-refractivity contribution in [2.45, 2.75) is 39.3 Å². The quantitative estimate of drug-likeness (QED) is 0.699. The summed E-state index contributed by atoms with van der Waals surface area (Å²) in [5.41, 5.74) is 2.82. The van der Waals surface area contributed by atoms with Crippen LogP contribution in [0, 0.1) is 5.82 Å². The second-order valence-corrected chi connectivity index (χ2v) is 6.64. The van der Waals surface area contributed by atoms with Crippen molar-refractivity contribution in [1.29, 1.82) is 0 Å². The van der Waals surface area contributed by atoms with E-state index in [1.165, 1.54) is 17.7 Å². The van der Waals surface area contributed by atoms with Crippen molar-refractivity contribution in [3.63, 3.8) is 0 Å². The molecule has 1 atom stereocenters. The largest absolute Gasteiger partial charge is 0.336 e. The lowest BCUT2D eigenvalue weighted by atomic mass is 9.97. The Morgan fingerprint density at radius 1 is 1.04 bits per heavy atom. The van der Waals surface area contributed by atoms with Crippen LogP contribution in [0.25, 0.3) is 0 Å². The first kappa shape index (κ1) is 20.6. The summed E-state index contributed by atoms with van der Waals surface area (Å²) in [4.78, 5) is 23.7. The van der Waals surface area contributed by atoms with E-state index in [0.717, 1.165) is 12.0 Å². The van der Waals surface area contributed by atoms with Gasteiger partial charge in [0.1, 0.15) is 5.82 Å². The van der Waals surface area contributed by atoms with Crippen LogP contribution in [0.5, 0.6) is 0 Å². The second kappa shape index (κ2) is 9.83. The van der Waals surface area contributed by atoms with Crippen LogP contribution in [0.2, 0.25) is 0 Å². The van der Waals surface area contributed by atoms with E-state index >= 15 is 0 Å². The van der Waals surface area contributed by atoms with E-state index in [4.69, 9.17) is 0 Å². The summed E-state index contributed by atoms with van der Waals surface area (Å²) in [6.07, 6.45) is 0.922. The molecule has 27 heavy (non-hydrogen) atoms. The highest BCUT2D eigenvalue weighted by Gasteiger charge is 2.17. The number of carbonyl (C=O) groups excluding carboxylic acids is 2. The molecule has 3 N–H and O–H groups in total. The fourth-order valence-corrected chi connectivity index (χ4v) is 2.72. The topological polar surface area (TPSA) is 70.2 Å². The van der Waals surface area contributed by atoms with Crippen LogP contribution in [0.1, 0.15) is 43.5 Å². The van der Waals surface area contributed by atoms with Gasteiger partial charge in [-0.05, 0) is 49.1 Å². The Bertz CT molecular complexity index is 775. The van der Waals surface area contributed by atoms with Gasteiger partial charge >= 0.3 is 6.03 Å². The molecule has 0 saturated carbocycles. The van der Waals surface area contributed by atoms with Crippen molar-refractivity contribution in [3.8, 4) is 0 Å². The molecule has 0 fully saturated rings. The minimum Gasteiger partial charge on any atom is -0.336 e. The smallest absolute Gasteiger partial charge is 0.321 e. The third-order valence-corrected chi connectivity index (χ3v) is 4.04. The van der Waals surface area contributed by atoms with Crippen molar-refractivity contribution >= 4 is 11.9 Å². The Hall–Kier alpha value is -2.73. The average molecular weight is 371 g/mol. The Morgan fingerprint density at radius 2 is 1.74 bits per heavy atom. The van der Waals surface area contributed by atoms with Gasteiger partial charge in [-0.1, -0.05) is 43.3 Å². The number of nitrogens with one attached hydrogen (secondary N) is 3. The highest BCUT2D eigenvalue weighted by molar-refractivity contribution is 5.95. The summed E-state index contributed by atoms with van der Waals surface area (Å²) in [6, 6.07) is 13.2. The van der Waals surface area contributed by atoms with Crippen molar-refractivity contribution in [2.75, 3.05) is 6.54 Å². The van der Waals surface area contributed by atoms with Gasteiger partial charge in [0.2, 0.25) is 5.91 Å². The number of hydrogen-bond acceptors (Lipinski definition) is 3. The summed E-state index contributed by atoms with van der Waals surface area (Å²) in [7, 11) is 0. The average Bonchev–Trinajstić information content (AvgIpc) is 2.61. The summed E-state index contributed by atoms with van der Waals surface area (Å²) in [5, 5.41) is 7.99. The third-order valence-electron chi connectivity index (χ3n) is 4.04. The lowest BCUT2D eigenvalue weighted by Crippen LogP contribution is -2.46. The van der Waals surface area contributed by atoms with Crippen LogP contribution in [0.15, 0.2) is 48.5 Å². The molecule has 2 rings (SSSR count). The summed E-state index contributed by atoms with van der Waals surface area (Å²) in [5.74, 6) is -0.801. The molecule has 0 aliphatic heterocycles. The zero-order valence-electron chi connectivity index (χ0n) is 15.9. The van der Waals surface area contributed by atoms with E-state index in [1.54, 1.807) is 12.1 Å². The third kappa shape index (κ3) is 6.49. The van der Waals surface area contributed by atoms with E-state index in [1.807, 2.05) is 38.1 Å². The molecule has 3 amide bonds. The Kier molecular flexibility index (Phi) is 7.49. The van der Waals surface area contributed by atoms with Gasteiger partial charge < -0.3 is 5.32 Å². The number of imide groups is 1. The number of amides is 3. The molecule has 0 aromatic heterocycles. The molecule has 2 aromatic rings. The minimum atomic E-state index is -0.536. The number of carbonyl (C=O) groups is 2. The molecule has 0 unspecified atom stereocenters. The fraction of sp³-hybridized carbons (Fsp3) is 0.333. The molecule has 5 nitrogen and oxygen atoms in total. The molecule has 0 saturated heterocycles. The van der Waals surface area contributed by atoms with Crippen LogP contribution in [0.4, 0.5) is 9.18 Å². The second-order valence-electron chi connectivity index (χ2n) is 6.64. The molecular weight excluding hydrogens is 345 g/mol. The minimum absolute atomic E-state index is 0.0668. The monoisotopic (exact) mass is 371 g/mol. The van der Waals surface area contributed by atoms with Crippen LogP contribution >= 0.6 is 0 Å². The van der Waals surface area contributed by atoms with Gasteiger partial charge in [0, 0.05) is 6.04 Å². The molecule has 6 heteroatoms. The zero-order valence-corrected chi connectivity index (χ0v) is 15.9. The van der Waals surface area contributed by atoms with Gasteiger partial charge in [-0.15, -0.1) is 0 Å². The summed E-state index contributed by atoms with van der Waals surface area (Å²) < 4.78 is 13.7. The maximum atomic E-state index is 13.7. The predicted molar refractivity (Wildman–Crippen MR) is 104 cm³/mol. The van der Waals surface area contributed by atoms with Crippen LogP contribution in [-0.2, 0) is 11.2 Å². The lowest BCUT2D eigenvalue weighted by molar-refractivity contribution is -0.119. The highest BCUT2D eigenvalue weighted by atomic mass is 19.1. The maximum absolute atomic E-state index is 13.7. The number of halogens is 1. The highest BCUT2D eigenvalue weighted by Crippen LogP contribution is 2.23. The van der Waals surface area contributed by atoms with Crippen molar-refractivity contribution < 1.29 is 14.0 Å². The van der Waals surface area contributed by atoms with Gasteiger partial charge in [0.15, 0.2) is 0 Å². The number of aryl methyl sites for hydroxylation is 1. The summed E-state index contributed by atoms with van der Waals surface area (Å²) >= 11 is 0. The Labute approximate surface area is 159 Å². The van der Waals surface area contributed by atoms with Crippen molar-refractivity contribution in [2.24, 2.45) is 0 Å². The molecule has 0 bridgehead atoms. The standard InChI is InChI=1S/C21H26FN3O2/c1-4-15-8-10-16(11-9-15)20(17-6-5-7-18(22)12-17)23-13-19(26)25-21(27)24-14(2)3/h5-12,14,20,23H,4,13H2,1-3H3,(H2,24,25,26,27)/t20-/m1/s1. The van der Waals surface area contributed by atoms with Gasteiger partial charge in [-0.3, -0.25) is 15.4 Å². The maximum Gasteiger partial charge on any atom is 0.321 e. The van der Waals surface area contributed by atoms with E-state index in [0.29, 0.717) is 5.56 Å². The molecule has 0 aliphatic rings. The molecule has 144 valence electrons. The summed E-state index contributed by atoms with van der Waals surface area (Å²) in [6.45, 7) is 5.61. The normalized spacial score (nSPS) is 11.9. The Morgan fingerprint density at radius 3 is 2.33 bits per heavy atom. The van der Waals surface area contributed by atoms with E-state index in [-0.39, 0.29) is 24.4 Å². The first-order valence-electron chi connectivity index (χ1n) is 9.07. The van der Waals surface area contributed by atoms with Gasteiger partial charge in [0.25, 0.3) is 0 Å². The molecule has 0 aliphatic carbocycles. The van der Waals surface area contributed by atoms with Crippen LogP contribution in [0.3, 0.4) is 0 Å². The van der Waals surface area contributed by atoms with Crippen LogP contribution < -0.4 is 16.0 Å². The first-order chi connectivity index (χ1) is 12.9. The van der Waals surface area contributed by atoms with Crippen LogP contribution in [-0.4, -0.2) is 24.5 Å². The molecule has 0 spiro atoms. The number of rotatable bonds is 7. The van der Waals surface area contributed by atoms with E-state index < -0.39 is 11.9 Å². The number of benzene rings is 2. The Balaban J connectivity index is 2.13.